The minimum Gasteiger partial charge on any atom is -0.334 e. The normalized spacial score (nSPS) is 17.6. The molecule has 2 fully saturated rings. The van der Waals surface area contributed by atoms with Crippen molar-refractivity contribution in [2.24, 2.45) is 0 Å². The van der Waals surface area contributed by atoms with Gasteiger partial charge >= 0.3 is 17.5 Å². The van der Waals surface area contributed by atoms with Gasteiger partial charge in [-0.3, -0.25) is 14.2 Å². The summed E-state index contributed by atoms with van der Waals surface area (Å²) >= 11 is 0. The maximum Gasteiger partial charge on any atom is 0.352 e. The predicted octanol–water partition coefficient (Wildman–Crippen LogP) is 1.55. The number of aromatic nitrogens is 5. The van der Waals surface area contributed by atoms with Crippen molar-refractivity contribution in [1.82, 2.24) is 34.3 Å². The zero-order valence-corrected chi connectivity index (χ0v) is 19.8. The molecule has 0 saturated carbocycles. The summed E-state index contributed by atoms with van der Waals surface area (Å²) in [6.45, 7) is 5.36. The number of carbonyl (C=O) groups excluding carboxylic acids is 1. The molecule has 0 aliphatic carbocycles. The highest BCUT2D eigenvalue weighted by Gasteiger charge is 2.31. The molecule has 0 unspecified atom stereocenters. The number of hydrogen-bond acceptors (Lipinski definition) is 8. The highest BCUT2D eigenvalue weighted by Crippen LogP contribution is 2.22. The number of nitrogens with zero attached hydrogens (tertiary/aromatic N) is 7. The molecule has 2 saturated heterocycles. The van der Waals surface area contributed by atoms with Gasteiger partial charge in [-0.25, -0.2) is 4.79 Å². The van der Waals surface area contributed by atoms with Crippen molar-refractivity contribution in [2.45, 2.75) is 51.6 Å². The first-order chi connectivity index (χ1) is 17.1. The third-order valence-corrected chi connectivity index (χ3v) is 6.86. The Morgan fingerprint density at radius 3 is 2.43 bits per heavy atom. The molecule has 184 valence electrons. The smallest absolute Gasteiger partial charge is 0.334 e. The number of piperidine rings is 2. The van der Waals surface area contributed by atoms with Crippen LogP contribution in [-0.4, -0.2) is 72.4 Å². The summed E-state index contributed by atoms with van der Waals surface area (Å²) in [7, 11) is 0. The van der Waals surface area contributed by atoms with Crippen LogP contribution < -0.4 is 11.2 Å². The van der Waals surface area contributed by atoms with Gasteiger partial charge in [0.1, 0.15) is 0 Å². The molecule has 11 nitrogen and oxygen atoms in total. The van der Waals surface area contributed by atoms with Gasteiger partial charge in [-0.1, -0.05) is 29.8 Å². The molecule has 0 N–H and O–H groups in total. The largest absolute Gasteiger partial charge is 0.352 e. The van der Waals surface area contributed by atoms with Gasteiger partial charge in [0.15, 0.2) is 5.69 Å². The standard InChI is InChI=1S/C24H29N7O4/c1-2-30-22(32)19(26-31(24(30)34)18-9-5-3-6-10-18)20-25-21(35-27-20)23(33)29-15-11-17(12-16-29)28-13-7-4-8-14-28/h3,5-6,9-10,17H,2,4,7-8,11-16H2,1H3. The summed E-state index contributed by atoms with van der Waals surface area (Å²) in [5.41, 5.74) is -0.852. The van der Waals surface area contributed by atoms with E-state index in [1.807, 2.05) is 6.07 Å². The van der Waals surface area contributed by atoms with Gasteiger partial charge in [-0.2, -0.15) is 14.8 Å². The van der Waals surface area contributed by atoms with Crippen molar-refractivity contribution in [1.29, 1.82) is 0 Å². The predicted molar refractivity (Wildman–Crippen MR) is 127 cm³/mol. The van der Waals surface area contributed by atoms with Crippen LogP contribution in [0.25, 0.3) is 17.2 Å². The Morgan fingerprint density at radius 2 is 1.74 bits per heavy atom. The summed E-state index contributed by atoms with van der Waals surface area (Å²) in [4.78, 5) is 47.2. The minimum atomic E-state index is -0.633. The molecular formula is C24H29N7O4. The Labute approximate surface area is 202 Å². The van der Waals surface area contributed by atoms with Gasteiger partial charge in [0.2, 0.25) is 5.82 Å². The van der Waals surface area contributed by atoms with Crippen LogP contribution >= 0.6 is 0 Å². The van der Waals surface area contributed by atoms with E-state index < -0.39 is 11.2 Å². The fourth-order valence-electron chi connectivity index (χ4n) is 4.93. The highest BCUT2D eigenvalue weighted by molar-refractivity contribution is 5.90. The second-order valence-corrected chi connectivity index (χ2v) is 8.97. The summed E-state index contributed by atoms with van der Waals surface area (Å²) in [5.74, 6) is -0.653. The number of hydrogen-bond donors (Lipinski definition) is 0. The van der Waals surface area contributed by atoms with Crippen molar-refractivity contribution in [3.8, 4) is 17.2 Å². The zero-order valence-electron chi connectivity index (χ0n) is 19.8. The Morgan fingerprint density at radius 1 is 1.03 bits per heavy atom. The maximum atomic E-state index is 13.0. The molecule has 3 aromatic rings. The Bertz CT molecular complexity index is 1300. The zero-order chi connectivity index (χ0) is 24.4. The molecule has 4 heterocycles. The summed E-state index contributed by atoms with van der Waals surface area (Å²) < 4.78 is 7.43. The van der Waals surface area contributed by atoms with E-state index in [4.69, 9.17) is 4.52 Å². The van der Waals surface area contributed by atoms with Crippen LogP contribution in [0.15, 0.2) is 44.4 Å². The molecular weight excluding hydrogens is 450 g/mol. The van der Waals surface area contributed by atoms with Crippen LogP contribution in [0, 0.1) is 0 Å². The van der Waals surface area contributed by atoms with Crippen LogP contribution in [0.3, 0.4) is 0 Å². The lowest BCUT2D eigenvalue weighted by Crippen LogP contribution is -2.48. The first-order valence-corrected chi connectivity index (χ1v) is 12.2. The fourth-order valence-corrected chi connectivity index (χ4v) is 4.93. The Balaban J connectivity index is 1.37. The molecule has 35 heavy (non-hydrogen) atoms. The van der Waals surface area contributed by atoms with Gasteiger partial charge in [-0.15, -0.1) is 0 Å². The van der Waals surface area contributed by atoms with E-state index in [9.17, 15) is 14.4 Å². The molecule has 1 aromatic carbocycles. The summed E-state index contributed by atoms with van der Waals surface area (Å²) in [5, 5.41) is 8.08. The van der Waals surface area contributed by atoms with Crippen molar-refractivity contribution in [3.05, 3.63) is 57.1 Å². The fraction of sp³-hybridized carbons (Fsp3) is 0.500. The van der Waals surface area contributed by atoms with Gasteiger partial charge < -0.3 is 14.3 Å². The topological polar surface area (TPSA) is 119 Å². The number of rotatable bonds is 5. The quantitative estimate of drug-likeness (QED) is 0.541. The molecule has 1 amide bonds. The third-order valence-electron chi connectivity index (χ3n) is 6.86. The average Bonchev–Trinajstić information content (AvgIpc) is 3.40. The van der Waals surface area contributed by atoms with E-state index in [1.54, 1.807) is 36.1 Å². The van der Waals surface area contributed by atoms with Crippen molar-refractivity contribution < 1.29 is 9.32 Å². The van der Waals surface area contributed by atoms with Gasteiger partial charge in [0, 0.05) is 25.7 Å². The number of likely N-dealkylation sites (tertiary alicyclic amines) is 2. The second-order valence-electron chi connectivity index (χ2n) is 8.97. The van der Waals surface area contributed by atoms with Gasteiger partial charge in [0.25, 0.3) is 5.56 Å². The lowest BCUT2D eigenvalue weighted by atomic mass is 10.00. The maximum absolute atomic E-state index is 13.0. The van der Waals surface area contributed by atoms with E-state index in [-0.39, 0.29) is 29.9 Å². The molecule has 0 radical (unpaired) electrons. The van der Waals surface area contributed by atoms with E-state index in [0.29, 0.717) is 24.8 Å². The molecule has 2 aliphatic rings. The van der Waals surface area contributed by atoms with Crippen LogP contribution in [0.1, 0.15) is 49.7 Å². The lowest BCUT2D eigenvalue weighted by Gasteiger charge is -2.39. The Hall–Kier alpha value is -3.60. The highest BCUT2D eigenvalue weighted by atomic mass is 16.5. The third kappa shape index (κ3) is 4.55. The lowest BCUT2D eigenvalue weighted by molar-refractivity contribution is 0.0547. The van der Waals surface area contributed by atoms with E-state index in [2.05, 4.69) is 20.1 Å². The molecule has 2 aliphatic heterocycles. The number of benzene rings is 1. The molecule has 2 aromatic heterocycles. The van der Waals surface area contributed by atoms with Crippen molar-refractivity contribution in [3.63, 3.8) is 0 Å². The molecule has 0 spiro atoms. The molecule has 11 heteroatoms. The number of para-hydroxylation sites is 1. The first kappa shape index (κ1) is 23.2. The summed E-state index contributed by atoms with van der Waals surface area (Å²) in [6, 6.07) is 9.28. The van der Waals surface area contributed by atoms with E-state index in [0.717, 1.165) is 35.2 Å². The van der Waals surface area contributed by atoms with Crippen LogP contribution in [0.2, 0.25) is 0 Å². The Kier molecular flexibility index (Phi) is 6.58. The second kappa shape index (κ2) is 9.95. The SMILES string of the molecule is CCn1c(=O)c(-c2noc(C(=O)N3CCC(N4CCCCC4)CC3)n2)nn(-c2ccccc2)c1=O. The van der Waals surface area contributed by atoms with Gasteiger partial charge in [0.05, 0.1) is 5.69 Å². The van der Waals surface area contributed by atoms with Crippen molar-refractivity contribution >= 4 is 5.91 Å². The van der Waals surface area contributed by atoms with Gasteiger partial charge in [-0.05, 0) is 57.8 Å². The molecule has 0 bridgehead atoms. The first-order valence-electron chi connectivity index (χ1n) is 12.2. The molecule has 0 atom stereocenters. The molecule has 5 rings (SSSR count). The van der Waals surface area contributed by atoms with Crippen LogP contribution in [0.4, 0.5) is 0 Å². The monoisotopic (exact) mass is 479 g/mol. The van der Waals surface area contributed by atoms with Crippen LogP contribution in [-0.2, 0) is 6.54 Å². The van der Waals surface area contributed by atoms with E-state index in [1.165, 1.54) is 19.3 Å². The summed E-state index contributed by atoms with van der Waals surface area (Å²) in [6.07, 6.45) is 5.62. The average molecular weight is 480 g/mol. The van der Waals surface area contributed by atoms with E-state index >= 15 is 0 Å². The minimum absolute atomic E-state index is 0.117. The van der Waals surface area contributed by atoms with Crippen LogP contribution in [0.5, 0.6) is 0 Å². The van der Waals surface area contributed by atoms with Crippen molar-refractivity contribution in [2.75, 3.05) is 26.2 Å². The number of amides is 1. The number of carbonyl (C=O) groups is 1.